The van der Waals surface area contributed by atoms with Crippen molar-refractivity contribution >= 4 is 22.9 Å². The smallest absolute Gasteiger partial charge is 0.138 e. The SMILES string of the molecule is C[C@H](O)COc1cc(-c2ccc(N3CCN(Cc4ccc(Cl)cn4)CC3)nc2)c2c(C#N)cnn2c1. The second kappa shape index (κ2) is 10.5. The van der Waals surface area contributed by atoms with Crippen LogP contribution in [0.25, 0.3) is 16.6 Å². The van der Waals surface area contributed by atoms with Gasteiger partial charge >= 0.3 is 0 Å². The van der Waals surface area contributed by atoms with Crippen molar-refractivity contribution in [3.8, 4) is 22.9 Å². The Morgan fingerprint density at radius 2 is 1.94 bits per heavy atom. The number of hydrogen-bond acceptors (Lipinski definition) is 8. The molecule has 0 bridgehead atoms. The van der Waals surface area contributed by atoms with Gasteiger partial charge in [0.2, 0.25) is 0 Å². The Balaban J connectivity index is 1.32. The first-order chi connectivity index (χ1) is 17.5. The Hall–Kier alpha value is -3.71. The van der Waals surface area contributed by atoms with Gasteiger partial charge in [0, 0.05) is 56.2 Å². The van der Waals surface area contributed by atoms with Crippen molar-refractivity contribution in [1.29, 1.82) is 5.26 Å². The highest BCUT2D eigenvalue weighted by Gasteiger charge is 2.19. The number of pyridine rings is 3. The molecule has 1 fully saturated rings. The number of fused-ring (bicyclic) bond motifs is 1. The van der Waals surface area contributed by atoms with Gasteiger partial charge in [-0.1, -0.05) is 11.6 Å². The van der Waals surface area contributed by atoms with E-state index in [-0.39, 0.29) is 6.61 Å². The summed E-state index contributed by atoms with van der Waals surface area (Å²) in [7, 11) is 0. The number of ether oxygens (including phenoxy) is 1. The van der Waals surface area contributed by atoms with E-state index in [9.17, 15) is 10.4 Å². The molecule has 4 aromatic heterocycles. The maximum Gasteiger partial charge on any atom is 0.138 e. The molecule has 1 atom stereocenters. The van der Waals surface area contributed by atoms with E-state index < -0.39 is 6.10 Å². The van der Waals surface area contributed by atoms with Crippen molar-refractivity contribution in [1.82, 2.24) is 24.5 Å². The van der Waals surface area contributed by atoms with Crippen LogP contribution in [0, 0.1) is 11.3 Å². The summed E-state index contributed by atoms with van der Waals surface area (Å²) in [6, 6.07) is 11.9. The van der Waals surface area contributed by atoms with E-state index in [2.05, 4.69) is 26.0 Å². The zero-order valence-corrected chi connectivity index (χ0v) is 20.6. The fourth-order valence-electron chi connectivity index (χ4n) is 4.29. The molecule has 36 heavy (non-hydrogen) atoms. The highest BCUT2D eigenvalue weighted by atomic mass is 35.5. The van der Waals surface area contributed by atoms with Crippen molar-refractivity contribution < 1.29 is 9.84 Å². The fourth-order valence-corrected chi connectivity index (χ4v) is 4.40. The summed E-state index contributed by atoms with van der Waals surface area (Å²) in [5.74, 6) is 1.47. The van der Waals surface area contributed by atoms with Gasteiger partial charge in [-0.3, -0.25) is 9.88 Å². The summed E-state index contributed by atoms with van der Waals surface area (Å²) in [6.45, 7) is 6.19. The number of nitrogens with zero attached hydrogens (tertiary/aromatic N) is 7. The summed E-state index contributed by atoms with van der Waals surface area (Å²) < 4.78 is 7.35. The standard InChI is InChI=1S/C26H26ClN7O2/c1-18(35)17-36-23-10-24(26-20(11-28)13-31-34(26)16-23)19-2-5-25(30-12-19)33-8-6-32(7-9-33)15-22-4-3-21(27)14-29-22/h2-5,10,12-14,16,18,35H,6-9,15,17H2,1H3/t18-/m0/s1. The quantitative estimate of drug-likeness (QED) is 0.409. The number of anilines is 1. The van der Waals surface area contributed by atoms with Crippen LogP contribution in [0.15, 0.2) is 55.1 Å². The number of piperazine rings is 1. The minimum atomic E-state index is -0.597. The van der Waals surface area contributed by atoms with Gasteiger partial charge in [0.1, 0.15) is 24.2 Å². The molecule has 10 heteroatoms. The zero-order valence-electron chi connectivity index (χ0n) is 19.9. The normalized spacial score (nSPS) is 15.1. The molecule has 0 unspecified atom stereocenters. The van der Waals surface area contributed by atoms with Gasteiger partial charge < -0.3 is 14.7 Å². The van der Waals surface area contributed by atoms with Crippen LogP contribution in [0.4, 0.5) is 5.82 Å². The third kappa shape index (κ3) is 5.26. The van der Waals surface area contributed by atoms with Crippen LogP contribution < -0.4 is 9.64 Å². The first kappa shape index (κ1) is 24.0. The predicted molar refractivity (Wildman–Crippen MR) is 137 cm³/mol. The monoisotopic (exact) mass is 503 g/mol. The molecule has 1 N–H and O–H groups in total. The van der Waals surface area contributed by atoms with Crippen molar-refractivity contribution in [3.63, 3.8) is 0 Å². The lowest BCUT2D eigenvalue weighted by atomic mass is 10.1. The van der Waals surface area contributed by atoms with E-state index in [1.54, 1.807) is 23.8 Å². The number of halogens is 1. The summed E-state index contributed by atoms with van der Waals surface area (Å²) in [4.78, 5) is 13.8. The molecule has 0 aromatic carbocycles. The second-order valence-corrected chi connectivity index (χ2v) is 9.29. The lowest BCUT2D eigenvalue weighted by Gasteiger charge is -2.35. The molecule has 184 valence electrons. The largest absolute Gasteiger partial charge is 0.489 e. The van der Waals surface area contributed by atoms with Crippen LogP contribution in [-0.2, 0) is 6.54 Å². The van der Waals surface area contributed by atoms with Crippen LogP contribution in [0.2, 0.25) is 5.02 Å². The average molecular weight is 504 g/mol. The Kier molecular flexibility index (Phi) is 7.00. The summed E-state index contributed by atoms with van der Waals surface area (Å²) in [5.41, 5.74) is 3.84. The van der Waals surface area contributed by atoms with Gasteiger partial charge in [0.15, 0.2) is 0 Å². The van der Waals surface area contributed by atoms with Crippen molar-refractivity contribution in [2.45, 2.75) is 19.6 Å². The molecule has 4 aromatic rings. The van der Waals surface area contributed by atoms with Crippen LogP contribution in [-0.4, -0.2) is 68.5 Å². The molecule has 0 spiro atoms. The second-order valence-electron chi connectivity index (χ2n) is 8.85. The molecular weight excluding hydrogens is 478 g/mol. The van der Waals surface area contributed by atoms with E-state index in [0.29, 0.717) is 21.9 Å². The Morgan fingerprint density at radius 3 is 2.61 bits per heavy atom. The highest BCUT2D eigenvalue weighted by molar-refractivity contribution is 6.30. The van der Waals surface area contributed by atoms with Crippen LogP contribution >= 0.6 is 11.6 Å². The van der Waals surface area contributed by atoms with Gasteiger partial charge in [-0.05, 0) is 37.3 Å². The van der Waals surface area contributed by atoms with E-state index >= 15 is 0 Å². The molecular formula is C26H26ClN7O2. The topological polar surface area (TPSA) is 103 Å². The van der Waals surface area contributed by atoms with Gasteiger partial charge in [-0.25, -0.2) is 9.50 Å². The van der Waals surface area contributed by atoms with Crippen LogP contribution in [0.1, 0.15) is 18.2 Å². The molecule has 0 radical (unpaired) electrons. The molecule has 9 nitrogen and oxygen atoms in total. The summed E-state index contributed by atoms with van der Waals surface area (Å²) >= 11 is 5.94. The van der Waals surface area contributed by atoms with Gasteiger partial charge in [0.05, 0.1) is 40.3 Å². The van der Waals surface area contributed by atoms with E-state index in [1.807, 2.05) is 36.5 Å². The molecule has 1 aliphatic rings. The fraction of sp³-hybridized carbons (Fsp3) is 0.308. The number of nitriles is 1. The van der Waals surface area contributed by atoms with Crippen LogP contribution in [0.3, 0.4) is 0 Å². The molecule has 0 saturated carbocycles. The molecule has 5 heterocycles. The average Bonchev–Trinajstić information content (AvgIpc) is 3.32. The lowest BCUT2D eigenvalue weighted by Crippen LogP contribution is -2.46. The highest BCUT2D eigenvalue weighted by Crippen LogP contribution is 2.31. The number of hydrogen-bond donors (Lipinski definition) is 1. The Labute approximate surface area is 214 Å². The lowest BCUT2D eigenvalue weighted by molar-refractivity contribution is 0.122. The van der Waals surface area contributed by atoms with Crippen molar-refractivity contribution in [3.05, 3.63) is 71.4 Å². The first-order valence-electron chi connectivity index (χ1n) is 11.8. The van der Waals surface area contributed by atoms with Gasteiger partial charge in [-0.2, -0.15) is 10.4 Å². The first-order valence-corrected chi connectivity index (χ1v) is 12.1. The Morgan fingerprint density at radius 1 is 1.11 bits per heavy atom. The summed E-state index contributed by atoms with van der Waals surface area (Å²) in [5, 5.41) is 24.1. The number of aromatic nitrogens is 4. The van der Waals surface area contributed by atoms with Crippen molar-refractivity contribution in [2.75, 3.05) is 37.7 Å². The maximum atomic E-state index is 9.59. The zero-order chi connectivity index (χ0) is 25.1. The number of aliphatic hydroxyl groups is 1. The number of rotatable bonds is 7. The van der Waals surface area contributed by atoms with Crippen molar-refractivity contribution in [2.24, 2.45) is 0 Å². The van der Waals surface area contributed by atoms with Crippen LogP contribution in [0.5, 0.6) is 5.75 Å². The summed E-state index contributed by atoms with van der Waals surface area (Å²) in [6.07, 6.45) is 6.16. The predicted octanol–water partition coefficient (Wildman–Crippen LogP) is 3.40. The third-order valence-corrected chi connectivity index (χ3v) is 6.35. The van der Waals surface area contributed by atoms with Gasteiger partial charge in [0.25, 0.3) is 0 Å². The van der Waals surface area contributed by atoms with E-state index in [4.69, 9.17) is 21.3 Å². The molecule has 1 saturated heterocycles. The number of aliphatic hydroxyl groups excluding tert-OH is 1. The van der Waals surface area contributed by atoms with E-state index in [1.165, 1.54) is 6.20 Å². The Bertz CT molecular complexity index is 1370. The maximum absolute atomic E-state index is 9.59. The minimum Gasteiger partial charge on any atom is -0.489 e. The van der Waals surface area contributed by atoms with E-state index in [0.717, 1.165) is 55.4 Å². The minimum absolute atomic E-state index is 0.161. The molecule has 0 amide bonds. The molecule has 0 aliphatic carbocycles. The van der Waals surface area contributed by atoms with Gasteiger partial charge in [-0.15, -0.1) is 0 Å². The molecule has 1 aliphatic heterocycles. The molecule has 5 rings (SSSR count). The third-order valence-electron chi connectivity index (χ3n) is 6.13.